The van der Waals surface area contributed by atoms with Gasteiger partial charge in [-0.2, -0.15) is 0 Å². The summed E-state index contributed by atoms with van der Waals surface area (Å²) in [5.74, 6) is 0.740. The van der Waals surface area contributed by atoms with E-state index in [-0.39, 0.29) is 5.92 Å². The van der Waals surface area contributed by atoms with Crippen molar-refractivity contribution in [3.63, 3.8) is 0 Å². The van der Waals surface area contributed by atoms with Gasteiger partial charge in [-0.25, -0.2) is 9.97 Å². The van der Waals surface area contributed by atoms with Crippen molar-refractivity contribution in [1.82, 2.24) is 9.97 Å². The Labute approximate surface area is 135 Å². The van der Waals surface area contributed by atoms with E-state index >= 15 is 0 Å². The van der Waals surface area contributed by atoms with E-state index in [9.17, 15) is 0 Å². The van der Waals surface area contributed by atoms with E-state index in [1.807, 2.05) is 13.8 Å². The fourth-order valence-electron chi connectivity index (χ4n) is 1.63. The van der Waals surface area contributed by atoms with E-state index in [0.29, 0.717) is 21.0 Å². The summed E-state index contributed by atoms with van der Waals surface area (Å²) in [4.78, 5) is 8.78. The molecule has 2 rings (SSSR count). The van der Waals surface area contributed by atoms with E-state index in [0.717, 1.165) is 15.7 Å². The normalized spacial score (nSPS) is 11.1. The van der Waals surface area contributed by atoms with Gasteiger partial charge in [-0.05, 0) is 40.0 Å². The highest BCUT2D eigenvalue weighted by Crippen LogP contribution is 2.32. The second-order valence-corrected chi connectivity index (χ2v) is 6.37. The average molecular weight is 380 g/mol. The molecule has 0 saturated heterocycles. The molecule has 0 unspecified atom stereocenters. The molecule has 100 valence electrons. The van der Waals surface area contributed by atoms with Crippen molar-refractivity contribution in [2.75, 3.05) is 0 Å². The largest absolute Gasteiger partial charge is 0.232 e. The highest BCUT2D eigenvalue weighted by Gasteiger charge is 2.15. The van der Waals surface area contributed by atoms with Gasteiger partial charge in [-0.1, -0.05) is 48.7 Å². The van der Waals surface area contributed by atoms with Crippen LogP contribution in [0.15, 0.2) is 22.7 Å². The molecule has 2 nitrogen and oxygen atoms in total. The minimum absolute atomic E-state index is 0.225. The van der Waals surface area contributed by atoms with E-state index in [1.54, 1.807) is 18.2 Å². The Bertz CT molecular complexity index is 609. The molecular weight excluding hydrogens is 370 g/mol. The molecule has 0 spiro atoms. The Kier molecular flexibility index (Phi) is 4.72. The number of hydrogen-bond donors (Lipinski definition) is 0. The van der Waals surface area contributed by atoms with Crippen molar-refractivity contribution >= 4 is 50.7 Å². The van der Waals surface area contributed by atoms with Crippen LogP contribution in [0.3, 0.4) is 0 Å². The molecule has 0 radical (unpaired) electrons. The van der Waals surface area contributed by atoms with Crippen molar-refractivity contribution in [3.8, 4) is 11.4 Å². The molecule has 2 aromatic rings. The van der Waals surface area contributed by atoms with Crippen molar-refractivity contribution in [3.05, 3.63) is 43.6 Å². The van der Waals surface area contributed by atoms with E-state index < -0.39 is 0 Å². The molecule has 1 aromatic heterocycles. The molecule has 1 heterocycles. The highest BCUT2D eigenvalue weighted by atomic mass is 79.9. The summed E-state index contributed by atoms with van der Waals surface area (Å²) in [7, 11) is 0. The summed E-state index contributed by atoms with van der Waals surface area (Å²) < 4.78 is 0.723. The first-order valence-corrected chi connectivity index (χ1v) is 7.50. The number of aromatic nitrogens is 2. The van der Waals surface area contributed by atoms with Gasteiger partial charge in [-0.3, -0.25) is 0 Å². The lowest BCUT2D eigenvalue weighted by Crippen LogP contribution is -2.00. The molecule has 0 fully saturated rings. The number of rotatable bonds is 2. The van der Waals surface area contributed by atoms with Gasteiger partial charge in [0.25, 0.3) is 0 Å². The Balaban J connectivity index is 2.62. The van der Waals surface area contributed by atoms with Gasteiger partial charge in [0.05, 0.1) is 10.2 Å². The summed E-state index contributed by atoms with van der Waals surface area (Å²) >= 11 is 21.5. The maximum atomic E-state index is 6.13. The topological polar surface area (TPSA) is 25.8 Å². The first-order valence-electron chi connectivity index (χ1n) is 5.58. The zero-order chi connectivity index (χ0) is 14.2. The van der Waals surface area contributed by atoms with Crippen LogP contribution in [0.1, 0.15) is 25.5 Å². The maximum Gasteiger partial charge on any atom is 0.161 e. The predicted molar refractivity (Wildman–Crippen MR) is 84.3 cm³/mol. The fraction of sp³-hybridized carbons (Fsp3) is 0.231. The summed E-state index contributed by atoms with van der Waals surface area (Å²) in [5, 5.41) is 1.46. The van der Waals surface area contributed by atoms with E-state index in [1.165, 1.54) is 0 Å². The molecule has 0 aliphatic carbocycles. The van der Waals surface area contributed by atoms with Crippen LogP contribution in [0.4, 0.5) is 0 Å². The van der Waals surface area contributed by atoms with Crippen LogP contribution < -0.4 is 0 Å². The third-order valence-electron chi connectivity index (χ3n) is 2.50. The first-order chi connectivity index (χ1) is 8.88. The van der Waals surface area contributed by atoms with E-state index in [2.05, 4.69) is 25.9 Å². The van der Waals surface area contributed by atoms with Crippen molar-refractivity contribution in [2.24, 2.45) is 0 Å². The quantitative estimate of drug-likeness (QED) is 0.598. The molecular formula is C13H10BrCl3N2. The monoisotopic (exact) mass is 378 g/mol. The third kappa shape index (κ3) is 3.40. The highest BCUT2D eigenvalue weighted by molar-refractivity contribution is 9.10. The predicted octanol–water partition coefficient (Wildman–Crippen LogP) is 5.99. The SMILES string of the molecule is CC(C)c1nc(-c2cc(Cl)cc(Cl)c2)nc(Cl)c1Br. The second-order valence-electron chi connectivity index (χ2n) is 4.35. The molecule has 0 atom stereocenters. The van der Waals surface area contributed by atoms with Crippen molar-refractivity contribution in [1.29, 1.82) is 0 Å². The van der Waals surface area contributed by atoms with Crippen LogP contribution >= 0.6 is 50.7 Å². The third-order valence-corrected chi connectivity index (χ3v) is 4.22. The zero-order valence-electron chi connectivity index (χ0n) is 10.2. The Morgan fingerprint density at radius 3 is 2.11 bits per heavy atom. The smallest absolute Gasteiger partial charge is 0.161 e. The standard InChI is InChI=1S/C13H10BrCl3N2/c1-6(2)11-10(14)12(17)19-13(18-11)7-3-8(15)5-9(16)4-7/h3-6H,1-2H3. The number of nitrogens with zero attached hydrogens (tertiary/aromatic N) is 2. The van der Waals surface area contributed by atoms with Gasteiger partial charge in [0.1, 0.15) is 5.15 Å². The molecule has 19 heavy (non-hydrogen) atoms. The van der Waals surface area contributed by atoms with Crippen molar-refractivity contribution < 1.29 is 0 Å². The molecule has 6 heteroatoms. The number of halogens is 4. The molecule has 0 amide bonds. The molecule has 1 aromatic carbocycles. The average Bonchev–Trinajstić information content (AvgIpc) is 2.30. The lowest BCUT2D eigenvalue weighted by Gasteiger charge is -2.11. The lowest BCUT2D eigenvalue weighted by atomic mass is 10.1. The Morgan fingerprint density at radius 2 is 1.58 bits per heavy atom. The number of benzene rings is 1. The van der Waals surface area contributed by atoms with Crippen LogP contribution in [0.25, 0.3) is 11.4 Å². The van der Waals surface area contributed by atoms with Gasteiger partial charge in [-0.15, -0.1) is 0 Å². The zero-order valence-corrected chi connectivity index (χ0v) is 14.1. The molecule has 0 N–H and O–H groups in total. The van der Waals surface area contributed by atoms with Crippen LogP contribution in [0.2, 0.25) is 15.2 Å². The first kappa shape index (κ1) is 15.0. The molecule has 0 aliphatic heterocycles. The van der Waals surface area contributed by atoms with Gasteiger partial charge in [0.15, 0.2) is 5.82 Å². The summed E-state index contributed by atoms with van der Waals surface area (Å²) in [6.07, 6.45) is 0. The molecule has 0 saturated carbocycles. The summed E-state index contributed by atoms with van der Waals surface area (Å²) in [6.45, 7) is 4.08. The summed E-state index contributed by atoms with van der Waals surface area (Å²) in [5.41, 5.74) is 1.60. The molecule has 0 aliphatic rings. The van der Waals surface area contributed by atoms with Crippen molar-refractivity contribution in [2.45, 2.75) is 19.8 Å². The van der Waals surface area contributed by atoms with Gasteiger partial charge in [0, 0.05) is 15.6 Å². The van der Waals surface area contributed by atoms with Gasteiger partial charge >= 0.3 is 0 Å². The number of hydrogen-bond acceptors (Lipinski definition) is 2. The van der Waals surface area contributed by atoms with E-state index in [4.69, 9.17) is 34.8 Å². The Hall–Kier alpha value is -0.350. The lowest BCUT2D eigenvalue weighted by molar-refractivity contribution is 0.809. The minimum atomic E-state index is 0.225. The van der Waals surface area contributed by atoms with Gasteiger partial charge in [0.2, 0.25) is 0 Å². The van der Waals surface area contributed by atoms with Crippen LogP contribution in [-0.4, -0.2) is 9.97 Å². The molecule has 0 bridgehead atoms. The van der Waals surface area contributed by atoms with Crippen LogP contribution in [-0.2, 0) is 0 Å². The van der Waals surface area contributed by atoms with Crippen LogP contribution in [0.5, 0.6) is 0 Å². The second kappa shape index (κ2) is 5.96. The van der Waals surface area contributed by atoms with Crippen LogP contribution in [0, 0.1) is 0 Å². The fourth-order valence-corrected chi connectivity index (χ4v) is 2.97. The maximum absolute atomic E-state index is 6.13. The Morgan fingerprint density at radius 1 is 1.00 bits per heavy atom. The summed E-state index contributed by atoms with van der Waals surface area (Å²) in [6, 6.07) is 5.19. The minimum Gasteiger partial charge on any atom is -0.232 e. The van der Waals surface area contributed by atoms with Gasteiger partial charge < -0.3 is 0 Å².